The average Bonchev–Trinajstić information content (AvgIpc) is 2.28. The SMILES string of the molecule is C#CC(C)(C)NC(=O)C(C)c1ccccc1. The second-order valence-corrected chi connectivity index (χ2v) is 4.39. The molecule has 1 rings (SSSR count). The first-order valence-corrected chi connectivity index (χ1v) is 5.31. The molecule has 0 aliphatic rings. The molecular formula is C14H17NO. The Hall–Kier alpha value is -1.75. The molecule has 0 spiro atoms. The molecule has 1 atom stereocenters. The van der Waals surface area contributed by atoms with Gasteiger partial charge in [0.15, 0.2) is 0 Å². The first-order valence-electron chi connectivity index (χ1n) is 5.31. The van der Waals surface area contributed by atoms with Crippen LogP contribution in [0.5, 0.6) is 0 Å². The lowest BCUT2D eigenvalue weighted by Crippen LogP contribution is -2.43. The van der Waals surface area contributed by atoms with Crippen molar-refractivity contribution < 1.29 is 4.79 Å². The molecule has 0 aromatic heterocycles. The van der Waals surface area contributed by atoms with Crippen LogP contribution in [0.25, 0.3) is 0 Å². The summed E-state index contributed by atoms with van der Waals surface area (Å²) in [6.45, 7) is 5.49. The van der Waals surface area contributed by atoms with Crippen LogP contribution in [0.2, 0.25) is 0 Å². The number of hydrogen-bond donors (Lipinski definition) is 1. The fraction of sp³-hybridized carbons (Fsp3) is 0.357. The molecule has 0 fully saturated rings. The summed E-state index contributed by atoms with van der Waals surface area (Å²) in [6, 6.07) is 9.65. The molecule has 16 heavy (non-hydrogen) atoms. The van der Waals surface area contributed by atoms with Gasteiger partial charge in [-0.15, -0.1) is 6.42 Å². The quantitative estimate of drug-likeness (QED) is 0.770. The number of benzene rings is 1. The molecule has 1 aromatic rings. The molecule has 0 aliphatic carbocycles. The molecule has 0 radical (unpaired) electrons. The van der Waals surface area contributed by atoms with Crippen molar-refractivity contribution >= 4 is 5.91 Å². The molecule has 1 amide bonds. The maximum absolute atomic E-state index is 11.9. The topological polar surface area (TPSA) is 29.1 Å². The van der Waals surface area contributed by atoms with Crippen LogP contribution in [0.4, 0.5) is 0 Å². The lowest BCUT2D eigenvalue weighted by Gasteiger charge is -2.22. The molecule has 2 heteroatoms. The number of amides is 1. The summed E-state index contributed by atoms with van der Waals surface area (Å²) in [4.78, 5) is 11.9. The van der Waals surface area contributed by atoms with Crippen LogP contribution < -0.4 is 5.32 Å². The fourth-order valence-corrected chi connectivity index (χ4v) is 1.35. The van der Waals surface area contributed by atoms with Crippen LogP contribution in [0.1, 0.15) is 32.3 Å². The van der Waals surface area contributed by atoms with Gasteiger partial charge in [0.25, 0.3) is 0 Å². The zero-order valence-corrected chi connectivity index (χ0v) is 9.95. The van der Waals surface area contributed by atoms with Gasteiger partial charge in [-0.3, -0.25) is 4.79 Å². The molecule has 1 unspecified atom stereocenters. The summed E-state index contributed by atoms with van der Waals surface area (Å²) in [5, 5.41) is 2.83. The Morgan fingerprint density at radius 3 is 2.44 bits per heavy atom. The van der Waals surface area contributed by atoms with E-state index >= 15 is 0 Å². The van der Waals surface area contributed by atoms with Gasteiger partial charge >= 0.3 is 0 Å². The lowest BCUT2D eigenvalue weighted by atomic mass is 9.98. The van der Waals surface area contributed by atoms with E-state index < -0.39 is 5.54 Å². The zero-order valence-electron chi connectivity index (χ0n) is 9.95. The van der Waals surface area contributed by atoms with Gasteiger partial charge in [0.05, 0.1) is 11.5 Å². The summed E-state index contributed by atoms with van der Waals surface area (Å²) in [7, 11) is 0. The fourth-order valence-electron chi connectivity index (χ4n) is 1.35. The molecule has 0 aliphatic heterocycles. The third-order valence-electron chi connectivity index (χ3n) is 2.49. The van der Waals surface area contributed by atoms with Gasteiger partial charge in [-0.2, -0.15) is 0 Å². The molecule has 0 heterocycles. The number of carbonyl (C=O) groups excluding carboxylic acids is 1. The molecule has 0 saturated carbocycles. The van der Waals surface area contributed by atoms with Gasteiger partial charge < -0.3 is 5.32 Å². The third-order valence-corrected chi connectivity index (χ3v) is 2.49. The minimum Gasteiger partial charge on any atom is -0.340 e. The van der Waals surface area contributed by atoms with E-state index in [1.165, 1.54) is 0 Å². The highest BCUT2D eigenvalue weighted by Crippen LogP contribution is 2.15. The first kappa shape index (κ1) is 12.3. The predicted octanol–water partition coefficient (Wildman–Crippen LogP) is 2.32. The van der Waals surface area contributed by atoms with E-state index in [1.54, 1.807) is 0 Å². The van der Waals surface area contributed by atoms with Gasteiger partial charge in [-0.1, -0.05) is 36.3 Å². The van der Waals surface area contributed by atoms with Crippen LogP contribution in [-0.4, -0.2) is 11.4 Å². The summed E-state index contributed by atoms with van der Waals surface area (Å²) >= 11 is 0. The normalized spacial score (nSPS) is 12.6. The second kappa shape index (κ2) is 4.85. The molecule has 0 saturated heterocycles. The Bertz CT molecular complexity index is 400. The minimum absolute atomic E-state index is 0.0471. The van der Waals surface area contributed by atoms with E-state index in [4.69, 9.17) is 6.42 Å². The second-order valence-electron chi connectivity index (χ2n) is 4.39. The van der Waals surface area contributed by atoms with Crippen LogP contribution in [0, 0.1) is 12.3 Å². The number of hydrogen-bond acceptors (Lipinski definition) is 1. The van der Waals surface area contributed by atoms with Gasteiger partial charge in [0.2, 0.25) is 5.91 Å². The van der Waals surface area contributed by atoms with Crippen LogP contribution in [-0.2, 0) is 4.79 Å². The van der Waals surface area contributed by atoms with Gasteiger partial charge in [-0.05, 0) is 26.3 Å². The smallest absolute Gasteiger partial charge is 0.228 e. The minimum atomic E-state index is -0.597. The van der Waals surface area contributed by atoms with E-state index in [0.29, 0.717) is 0 Å². The van der Waals surface area contributed by atoms with Crippen molar-refractivity contribution in [3.63, 3.8) is 0 Å². The monoisotopic (exact) mass is 215 g/mol. The van der Waals surface area contributed by atoms with E-state index in [2.05, 4.69) is 11.2 Å². The Balaban J connectivity index is 2.74. The van der Waals surface area contributed by atoms with Gasteiger partial charge in [0.1, 0.15) is 0 Å². The standard InChI is InChI=1S/C14H17NO/c1-5-14(3,4)15-13(16)11(2)12-9-7-6-8-10-12/h1,6-11H,2-4H3,(H,15,16). The number of nitrogens with one attached hydrogen (secondary N) is 1. The van der Waals surface area contributed by atoms with Crippen LogP contribution >= 0.6 is 0 Å². The highest BCUT2D eigenvalue weighted by atomic mass is 16.2. The van der Waals surface area contributed by atoms with Crippen molar-refractivity contribution in [3.05, 3.63) is 35.9 Å². The Labute approximate surface area is 97.1 Å². The molecular weight excluding hydrogens is 198 g/mol. The van der Waals surface area contributed by atoms with E-state index in [0.717, 1.165) is 5.56 Å². The molecule has 0 bridgehead atoms. The number of rotatable bonds is 3. The van der Waals surface area contributed by atoms with Gasteiger partial charge in [-0.25, -0.2) is 0 Å². The lowest BCUT2D eigenvalue weighted by molar-refractivity contribution is -0.123. The van der Waals surface area contributed by atoms with Crippen molar-refractivity contribution in [2.75, 3.05) is 0 Å². The molecule has 2 nitrogen and oxygen atoms in total. The van der Waals surface area contributed by atoms with Crippen molar-refractivity contribution in [2.45, 2.75) is 32.2 Å². The van der Waals surface area contributed by atoms with Crippen LogP contribution in [0.15, 0.2) is 30.3 Å². The summed E-state index contributed by atoms with van der Waals surface area (Å²) in [5.74, 6) is 2.31. The van der Waals surface area contributed by atoms with Gasteiger partial charge in [0, 0.05) is 0 Å². The van der Waals surface area contributed by atoms with Crippen molar-refractivity contribution in [3.8, 4) is 12.3 Å². The highest BCUT2D eigenvalue weighted by molar-refractivity contribution is 5.84. The average molecular weight is 215 g/mol. The Kier molecular flexibility index (Phi) is 3.73. The summed E-state index contributed by atoms with van der Waals surface area (Å²) in [5.41, 5.74) is 0.396. The number of carbonyl (C=O) groups is 1. The number of terminal acetylenes is 1. The van der Waals surface area contributed by atoms with Crippen molar-refractivity contribution in [2.24, 2.45) is 0 Å². The van der Waals surface area contributed by atoms with E-state index in [-0.39, 0.29) is 11.8 Å². The van der Waals surface area contributed by atoms with Crippen LogP contribution in [0.3, 0.4) is 0 Å². The predicted molar refractivity (Wildman–Crippen MR) is 65.9 cm³/mol. The molecule has 84 valence electrons. The maximum atomic E-state index is 11.9. The largest absolute Gasteiger partial charge is 0.340 e. The first-order chi connectivity index (χ1) is 7.46. The maximum Gasteiger partial charge on any atom is 0.228 e. The van der Waals surface area contributed by atoms with E-state index in [9.17, 15) is 4.79 Å². The Morgan fingerprint density at radius 2 is 1.94 bits per heavy atom. The third kappa shape index (κ3) is 3.13. The van der Waals surface area contributed by atoms with E-state index in [1.807, 2.05) is 51.1 Å². The zero-order chi connectivity index (χ0) is 12.2. The molecule has 1 aromatic carbocycles. The molecule has 1 N–H and O–H groups in total. The Morgan fingerprint density at radius 1 is 1.38 bits per heavy atom. The van der Waals surface area contributed by atoms with Crippen molar-refractivity contribution in [1.82, 2.24) is 5.32 Å². The highest BCUT2D eigenvalue weighted by Gasteiger charge is 2.21. The summed E-state index contributed by atoms with van der Waals surface area (Å²) < 4.78 is 0. The van der Waals surface area contributed by atoms with Crippen molar-refractivity contribution in [1.29, 1.82) is 0 Å². The summed E-state index contributed by atoms with van der Waals surface area (Å²) in [6.07, 6.45) is 5.33.